The molecule has 5 rings (SSSR count). The number of rotatable bonds is 6. The lowest BCUT2D eigenvalue weighted by atomic mass is 9.95. The Labute approximate surface area is 206 Å². The third-order valence-electron chi connectivity index (χ3n) is 6.51. The first-order valence-electron chi connectivity index (χ1n) is 12.4. The van der Waals surface area contributed by atoms with E-state index < -0.39 is 0 Å². The molecule has 1 saturated heterocycles. The normalized spacial score (nSPS) is 17.5. The monoisotopic (exact) mass is 475 g/mol. The van der Waals surface area contributed by atoms with E-state index in [-0.39, 0.29) is 18.2 Å². The second-order valence-corrected chi connectivity index (χ2v) is 9.57. The van der Waals surface area contributed by atoms with E-state index in [1.807, 2.05) is 38.1 Å². The minimum absolute atomic E-state index is 0.0196. The Bertz CT molecular complexity index is 1190. The lowest BCUT2D eigenvalue weighted by Gasteiger charge is -2.39. The first-order valence-corrected chi connectivity index (χ1v) is 12.4. The maximum absolute atomic E-state index is 13.3. The van der Waals surface area contributed by atoms with Crippen molar-refractivity contribution in [2.75, 3.05) is 18.4 Å². The van der Waals surface area contributed by atoms with E-state index in [9.17, 15) is 4.79 Å². The van der Waals surface area contributed by atoms with Gasteiger partial charge in [0.2, 0.25) is 5.95 Å². The van der Waals surface area contributed by atoms with Crippen LogP contribution < -0.4 is 5.32 Å². The number of amides is 2. The van der Waals surface area contributed by atoms with E-state index in [0.29, 0.717) is 5.95 Å². The molecule has 1 atom stereocenters. The Kier molecular flexibility index (Phi) is 6.68. The van der Waals surface area contributed by atoms with Crippen molar-refractivity contribution in [1.29, 1.82) is 0 Å². The van der Waals surface area contributed by atoms with Gasteiger partial charge in [0.25, 0.3) is 0 Å². The molecule has 0 bridgehead atoms. The van der Waals surface area contributed by atoms with Crippen LogP contribution in [-0.2, 0) is 18.3 Å². The minimum atomic E-state index is -0.0924. The molecule has 2 aliphatic rings. The molecule has 0 radical (unpaired) electrons. The molecule has 184 valence electrons. The van der Waals surface area contributed by atoms with Crippen LogP contribution in [0.3, 0.4) is 0 Å². The lowest BCUT2D eigenvalue weighted by molar-refractivity contribution is -0.184. The van der Waals surface area contributed by atoms with Crippen LogP contribution in [0.25, 0.3) is 11.3 Å². The smallest absolute Gasteiger partial charge is 0.323 e. The third kappa shape index (κ3) is 5.14. The summed E-state index contributed by atoms with van der Waals surface area (Å²) in [5.74, 6) is 0.528. The molecule has 35 heavy (non-hydrogen) atoms. The fourth-order valence-electron chi connectivity index (χ4n) is 4.68. The van der Waals surface area contributed by atoms with Crippen molar-refractivity contribution >= 4 is 17.7 Å². The molecule has 9 heteroatoms. The fourth-order valence-corrected chi connectivity index (χ4v) is 4.68. The molecule has 0 saturated carbocycles. The van der Waals surface area contributed by atoms with Crippen molar-refractivity contribution in [3.8, 4) is 11.3 Å². The number of aryl methyl sites for hydroxylation is 2. The largest absolute Gasteiger partial charge is 0.344 e. The second kappa shape index (κ2) is 10.0. The molecule has 2 aromatic heterocycles. The molecular formula is C26H33N7O2. The number of hydrogen-bond donors (Lipinski definition) is 1. The predicted octanol–water partition coefficient (Wildman–Crippen LogP) is 4.86. The highest BCUT2D eigenvalue weighted by atomic mass is 16.7. The average molecular weight is 476 g/mol. The van der Waals surface area contributed by atoms with Crippen LogP contribution in [0.5, 0.6) is 0 Å². The van der Waals surface area contributed by atoms with Gasteiger partial charge in [-0.2, -0.15) is 10.2 Å². The lowest BCUT2D eigenvalue weighted by Crippen LogP contribution is -2.51. The maximum atomic E-state index is 13.3. The highest BCUT2D eigenvalue weighted by molar-refractivity contribution is 5.75. The molecule has 3 aromatic rings. The number of hydrogen-bond acceptors (Lipinski definition) is 6. The Morgan fingerprint density at radius 1 is 1.20 bits per heavy atom. The van der Waals surface area contributed by atoms with E-state index in [1.165, 1.54) is 11.1 Å². The minimum Gasteiger partial charge on any atom is -0.323 e. The third-order valence-corrected chi connectivity index (χ3v) is 6.51. The van der Waals surface area contributed by atoms with Gasteiger partial charge in [-0.1, -0.05) is 18.6 Å². The SMILES string of the molecule is CC(C)ON(C(=O)N1CCC1)C1CCCCc2cc(-c3ccnc(Nc4cnn(C)c4)n3)ccc21. The van der Waals surface area contributed by atoms with E-state index in [0.717, 1.165) is 62.1 Å². The Morgan fingerprint density at radius 2 is 2.06 bits per heavy atom. The predicted molar refractivity (Wildman–Crippen MR) is 134 cm³/mol. The zero-order valence-electron chi connectivity index (χ0n) is 20.6. The average Bonchev–Trinajstić information content (AvgIpc) is 3.09. The summed E-state index contributed by atoms with van der Waals surface area (Å²) < 4.78 is 1.73. The summed E-state index contributed by atoms with van der Waals surface area (Å²) >= 11 is 0. The van der Waals surface area contributed by atoms with E-state index >= 15 is 0 Å². The molecule has 1 aliphatic carbocycles. The van der Waals surface area contributed by atoms with Gasteiger partial charge in [-0.15, -0.1) is 0 Å². The number of nitrogens with zero attached hydrogens (tertiary/aromatic N) is 6. The molecule has 1 aromatic carbocycles. The summed E-state index contributed by atoms with van der Waals surface area (Å²) in [4.78, 5) is 30.3. The summed E-state index contributed by atoms with van der Waals surface area (Å²) in [7, 11) is 1.87. The number of aromatic nitrogens is 4. The van der Waals surface area contributed by atoms with Crippen LogP contribution in [0.1, 0.15) is 56.7 Å². The summed E-state index contributed by atoms with van der Waals surface area (Å²) in [6.45, 7) is 5.56. The van der Waals surface area contributed by atoms with Crippen molar-refractivity contribution < 1.29 is 9.63 Å². The van der Waals surface area contributed by atoms with E-state index in [1.54, 1.807) is 22.1 Å². The number of benzene rings is 1. The van der Waals surface area contributed by atoms with Gasteiger partial charge in [-0.3, -0.25) is 9.52 Å². The van der Waals surface area contributed by atoms with Gasteiger partial charge in [0, 0.05) is 38.1 Å². The first-order chi connectivity index (χ1) is 17.0. The Morgan fingerprint density at radius 3 is 2.77 bits per heavy atom. The van der Waals surface area contributed by atoms with Gasteiger partial charge >= 0.3 is 6.03 Å². The van der Waals surface area contributed by atoms with Gasteiger partial charge in [0.05, 0.1) is 29.7 Å². The van der Waals surface area contributed by atoms with Crippen molar-refractivity contribution in [2.45, 2.75) is 58.1 Å². The van der Waals surface area contributed by atoms with Gasteiger partial charge in [0.1, 0.15) is 0 Å². The highest BCUT2D eigenvalue weighted by Crippen LogP contribution is 2.37. The summed E-state index contributed by atoms with van der Waals surface area (Å²) in [6, 6.07) is 8.27. The van der Waals surface area contributed by atoms with Crippen LogP contribution in [0, 0.1) is 0 Å². The van der Waals surface area contributed by atoms with Crippen molar-refractivity contribution in [2.24, 2.45) is 7.05 Å². The Hall–Kier alpha value is -3.46. The van der Waals surface area contributed by atoms with Gasteiger partial charge in [-0.25, -0.2) is 14.8 Å². The molecule has 1 fully saturated rings. The molecule has 2 amide bonds. The number of urea groups is 1. The number of likely N-dealkylation sites (tertiary alicyclic amines) is 1. The standard InChI is InChI=1S/C26H33N7O2/c1-18(2)35-33(26(34)32-13-6-14-32)24-8-5-4-7-19-15-20(9-10-22(19)24)23-11-12-27-25(30-23)29-21-16-28-31(3)17-21/h9-12,15-18,24H,4-8,13-14H2,1-3H3,(H,27,29,30). The van der Waals surface area contributed by atoms with Crippen molar-refractivity contribution in [1.82, 2.24) is 29.7 Å². The molecule has 9 nitrogen and oxygen atoms in total. The summed E-state index contributed by atoms with van der Waals surface area (Å²) in [5.41, 5.74) is 5.14. The Balaban J connectivity index is 1.43. The van der Waals surface area contributed by atoms with Crippen LogP contribution in [0.15, 0.2) is 42.9 Å². The number of fused-ring (bicyclic) bond motifs is 1. The topological polar surface area (TPSA) is 88.4 Å². The zero-order valence-corrected chi connectivity index (χ0v) is 20.6. The van der Waals surface area contributed by atoms with Crippen LogP contribution in [-0.4, -0.2) is 54.9 Å². The zero-order chi connectivity index (χ0) is 24.4. The van der Waals surface area contributed by atoms with Gasteiger partial charge in [0.15, 0.2) is 0 Å². The fraction of sp³-hybridized carbons (Fsp3) is 0.462. The van der Waals surface area contributed by atoms with Crippen molar-refractivity contribution in [3.63, 3.8) is 0 Å². The first kappa shape index (κ1) is 23.3. The number of anilines is 2. The number of carbonyl (C=O) groups is 1. The van der Waals surface area contributed by atoms with Crippen molar-refractivity contribution in [3.05, 3.63) is 54.0 Å². The van der Waals surface area contributed by atoms with Crippen LogP contribution in [0.2, 0.25) is 0 Å². The number of carbonyl (C=O) groups excluding carboxylic acids is 1. The van der Waals surface area contributed by atoms with Gasteiger partial charge in [-0.05, 0) is 62.8 Å². The quantitative estimate of drug-likeness (QED) is 0.405. The summed E-state index contributed by atoms with van der Waals surface area (Å²) in [5, 5.41) is 9.04. The van der Waals surface area contributed by atoms with Crippen LogP contribution in [0.4, 0.5) is 16.4 Å². The molecule has 1 aliphatic heterocycles. The number of nitrogens with one attached hydrogen (secondary N) is 1. The number of hydroxylamine groups is 2. The molecule has 1 N–H and O–H groups in total. The maximum Gasteiger partial charge on any atom is 0.344 e. The molecule has 3 heterocycles. The molecule has 0 spiro atoms. The molecule has 1 unspecified atom stereocenters. The van der Waals surface area contributed by atoms with E-state index in [2.05, 4.69) is 33.6 Å². The highest BCUT2D eigenvalue weighted by Gasteiger charge is 2.35. The van der Waals surface area contributed by atoms with Crippen LogP contribution >= 0.6 is 0 Å². The second-order valence-electron chi connectivity index (χ2n) is 9.57. The van der Waals surface area contributed by atoms with E-state index in [4.69, 9.17) is 9.82 Å². The van der Waals surface area contributed by atoms with Gasteiger partial charge < -0.3 is 10.2 Å². The molecular weight excluding hydrogens is 442 g/mol. The summed E-state index contributed by atoms with van der Waals surface area (Å²) in [6.07, 6.45) is 10.4.